The number of phenolic OH excluding ortho intramolecular Hbond substituents is 2. The van der Waals surface area contributed by atoms with Gasteiger partial charge in [-0.2, -0.15) is 0 Å². The van der Waals surface area contributed by atoms with Crippen LogP contribution in [0, 0.1) is 0 Å². The van der Waals surface area contributed by atoms with Gasteiger partial charge in [-0.3, -0.25) is 0 Å². The van der Waals surface area contributed by atoms with E-state index in [1.165, 1.54) is 16.7 Å². The van der Waals surface area contributed by atoms with Crippen molar-refractivity contribution in [1.82, 2.24) is 0 Å². The summed E-state index contributed by atoms with van der Waals surface area (Å²) in [5.41, 5.74) is 8.04. The average Bonchev–Trinajstić information content (AvgIpc) is 2.87. The minimum absolute atomic E-state index is 0.00379. The predicted octanol–water partition coefficient (Wildman–Crippen LogP) is 7.61. The quantitative estimate of drug-likeness (QED) is 0.283. The van der Waals surface area contributed by atoms with E-state index in [0.29, 0.717) is 0 Å². The van der Waals surface area contributed by atoms with E-state index in [-0.39, 0.29) is 17.4 Å². The molecule has 2 nitrogen and oxygen atoms in total. The molecule has 0 aliphatic carbocycles. The Hall–Kier alpha value is -4.30. The Balaban J connectivity index is 1.51. The lowest BCUT2D eigenvalue weighted by atomic mass is 9.84. The van der Waals surface area contributed by atoms with E-state index >= 15 is 0 Å². The molecule has 33 heavy (non-hydrogen) atoms. The van der Waals surface area contributed by atoms with Gasteiger partial charge in [-0.25, -0.2) is 0 Å². The van der Waals surface area contributed by atoms with Crippen LogP contribution in [0.1, 0.15) is 22.6 Å². The second-order valence-electron chi connectivity index (χ2n) is 8.18. The van der Waals surface area contributed by atoms with Crippen molar-refractivity contribution in [2.24, 2.45) is 0 Å². The van der Waals surface area contributed by atoms with E-state index in [1.54, 1.807) is 24.3 Å². The monoisotopic (exact) mass is 428 g/mol. The lowest BCUT2D eigenvalue weighted by Gasteiger charge is -2.19. The normalized spacial score (nSPS) is 10.9. The van der Waals surface area contributed by atoms with E-state index in [0.717, 1.165) is 22.3 Å². The SMILES string of the molecule is Oc1ccc(C(c2ccc(O)cc2)c2ccc(-c3cccc(-c4ccccc4)c3)cc2)cc1. The third-order valence-corrected chi connectivity index (χ3v) is 6.00. The summed E-state index contributed by atoms with van der Waals surface area (Å²) in [6.07, 6.45) is 0. The van der Waals surface area contributed by atoms with E-state index in [4.69, 9.17) is 0 Å². The molecule has 5 aromatic rings. The molecule has 0 atom stereocenters. The Bertz CT molecular complexity index is 1290. The summed E-state index contributed by atoms with van der Waals surface area (Å²) in [4.78, 5) is 0. The second-order valence-corrected chi connectivity index (χ2v) is 8.18. The highest BCUT2D eigenvalue weighted by Crippen LogP contribution is 2.35. The molecule has 160 valence electrons. The molecule has 0 radical (unpaired) electrons. The first kappa shape index (κ1) is 20.6. The van der Waals surface area contributed by atoms with Gasteiger partial charge in [-0.05, 0) is 69.3 Å². The van der Waals surface area contributed by atoms with Gasteiger partial charge in [0.05, 0.1) is 0 Å². The van der Waals surface area contributed by atoms with Gasteiger partial charge >= 0.3 is 0 Å². The summed E-state index contributed by atoms with van der Waals surface area (Å²) < 4.78 is 0. The molecule has 0 saturated heterocycles. The van der Waals surface area contributed by atoms with Crippen LogP contribution in [0.5, 0.6) is 11.5 Å². The van der Waals surface area contributed by atoms with Gasteiger partial charge in [0.25, 0.3) is 0 Å². The van der Waals surface area contributed by atoms with Gasteiger partial charge < -0.3 is 10.2 Å². The number of aromatic hydroxyl groups is 2. The first-order valence-electron chi connectivity index (χ1n) is 11.0. The fourth-order valence-electron chi connectivity index (χ4n) is 4.29. The molecule has 0 amide bonds. The van der Waals surface area contributed by atoms with Gasteiger partial charge in [-0.15, -0.1) is 0 Å². The van der Waals surface area contributed by atoms with Gasteiger partial charge in [-0.1, -0.05) is 97.1 Å². The zero-order valence-electron chi connectivity index (χ0n) is 18.1. The third kappa shape index (κ3) is 4.51. The largest absolute Gasteiger partial charge is 0.508 e. The molecule has 0 unspecified atom stereocenters. The summed E-state index contributed by atoms with van der Waals surface area (Å²) >= 11 is 0. The van der Waals surface area contributed by atoms with Crippen molar-refractivity contribution in [1.29, 1.82) is 0 Å². The maximum Gasteiger partial charge on any atom is 0.115 e. The minimum atomic E-state index is -0.00379. The first-order chi connectivity index (χ1) is 16.2. The van der Waals surface area contributed by atoms with E-state index < -0.39 is 0 Å². The summed E-state index contributed by atoms with van der Waals surface area (Å²) in [7, 11) is 0. The van der Waals surface area contributed by atoms with Crippen molar-refractivity contribution in [2.45, 2.75) is 5.92 Å². The molecule has 2 heteroatoms. The third-order valence-electron chi connectivity index (χ3n) is 6.00. The lowest BCUT2D eigenvalue weighted by molar-refractivity contribution is 0.475. The van der Waals surface area contributed by atoms with Crippen molar-refractivity contribution in [3.63, 3.8) is 0 Å². The molecule has 0 aliphatic heterocycles. The number of hydrogen-bond acceptors (Lipinski definition) is 2. The second kappa shape index (κ2) is 9.05. The smallest absolute Gasteiger partial charge is 0.115 e. The number of rotatable bonds is 5. The minimum Gasteiger partial charge on any atom is -0.508 e. The molecule has 5 rings (SSSR count). The van der Waals surface area contributed by atoms with Crippen LogP contribution in [0.15, 0.2) is 127 Å². The van der Waals surface area contributed by atoms with Crippen molar-refractivity contribution in [2.75, 3.05) is 0 Å². The highest BCUT2D eigenvalue weighted by Gasteiger charge is 2.17. The maximum atomic E-state index is 9.75. The zero-order chi connectivity index (χ0) is 22.6. The Morgan fingerprint density at radius 3 is 1.24 bits per heavy atom. The standard InChI is InChI=1S/C31H24O2/c32-29-17-13-25(14-18-29)31(26-15-19-30(33)20-16-26)24-11-9-23(10-12-24)28-8-4-7-27(21-28)22-5-2-1-3-6-22/h1-21,31-33H. The van der Waals surface area contributed by atoms with Crippen LogP contribution >= 0.6 is 0 Å². The van der Waals surface area contributed by atoms with Crippen molar-refractivity contribution in [3.8, 4) is 33.8 Å². The van der Waals surface area contributed by atoms with Gasteiger partial charge in [0.1, 0.15) is 11.5 Å². The topological polar surface area (TPSA) is 40.5 Å². The van der Waals surface area contributed by atoms with Crippen LogP contribution in [-0.4, -0.2) is 10.2 Å². The molecule has 5 aromatic carbocycles. The van der Waals surface area contributed by atoms with E-state index in [2.05, 4.69) is 72.8 Å². The fraction of sp³-hybridized carbons (Fsp3) is 0.0323. The van der Waals surface area contributed by atoms with Crippen LogP contribution in [0.25, 0.3) is 22.3 Å². The van der Waals surface area contributed by atoms with Crippen molar-refractivity contribution >= 4 is 0 Å². The van der Waals surface area contributed by atoms with Crippen LogP contribution in [0.4, 0.5) is 0 Å². The van der Waals surface area contributed by atoms with Gasteiger partial charge in [0.2, 0.25) is 0 Å². The number of phenols is 2. The Labute approximate surface area is 194 Å². The molecule has 0 saturated carbocycles. The zero-order valence-corrected chi connectivity index (χ0v) is 18.1. The Morgan fingerprint density at radius 1 is 0.364 bits per heavy atom. The summed E-state index contributed by atoms with van der Waals surface area (Å²) in [5.74, 6) is 0.490. The molecular weight excluding hydrogens is 404 g/mol. The van der Waals surface area contributed by atoms with Crippen molar-refractivity contribution in [3.05, 3.63) is 144 Å². The molecule has 0 aliphatic rings. The van der Waals surface area contributed by atoms with E-state index in [9.17, 15) is 10.2 Å². The molecule has 0 bridgehead atoms. The molecule has 0 heterocycles. The van der Waals surface area contributed by atoms with Gasteiger partial charge in [0.15, 0.2) is 0 Å². The highest BCUT2D eigenvalue weighted by molar-refractivity contribution is 5.73. The average molecular weight is 429 g/mol. The summed E-state index contributed by atoms with van der Waals surface area (Å²) in [5, 5.41) is 19.5. The van der Waals surface area contributed by atoms with Crippen LogP contribution in [-0.2, 0) is 0 Å². The van der Waals surface area contributed by atoms with Crippen LogP contribution in [0.3, 0.4) is 0 Å². The van der Waals surface area contributed by atoms with Gasteiger partial charge in [0, 0.05) is 5.92 Å². The first-order valence-corrected chi connectivity index (χ1v) is 11.0. The maximum absolute atomic E-state index is 9.75. The molecule has 0 aromatic heterocycles. The number of benzene rings is 5. The lowest BCUT2D eigenvalue weighted by Crippen LogP contribution is -2.03. The molecule has 2 N–H and O–H groups in total. The van der Waals surface area contributed by atoms with Crippen LogP contribution in [0.2, 0.25) is 0 Å². The van der Waals surface area contributed by atoms with Crippen LogP contribution < -0.4 is 0 Å². The predicted molar refractivity (Wildman–Crippen MR) is 134 cm³/mol. The molecule has 0 fully saturated rings. The Kier molecular flexibility index (Phi) is 5.65. The van der Waals surface area contributed by atoms with Crippen molar-refractivity contribution < 1.29 is 10.2 Å². The molecular formula is C31H24O2. The number of hydrogen-bond donors (Lipinski definition) is 2. The van der Waals surface area contributed by atoms with E-state index in [1.807, 2.05) is 30.3 Å². The Morgan fingerprint density at radius 2 is 0.758 bits per heavy atom. The summed E-state index contributed by atoms with van der Waals surface area (Å²) in [6, 6.07) is 42.3. The fourth-order valence-corrected chi connectivity index (χ4v) is 4.29. The highest BCUT2D eigenvalue weighted by atomic mass is 16.3. The summed E-state index contributed by atoms with van der Waals surface area (Å²) in [6.45, 7) is 0. The molecule has 0 spiro atoms.